The van der Waals surface area contributed by atoms with Crippen molar-refractivity contribution in [3.8, 4) is 0 Å². The first kappa shape index (κ1) is 13.6. The molecule has 0 aromatic heterocycles. The molecule has 7 heteroatoms. The largest absolute Gasteiger partial charge is 0.465 e. The fourth-order valence-electron chi connectivity index (χ4n) is 1.35. The summed E-state index contributed by atoms with van der Waals surface area (Å²) in [4.78, 5) is 33.0. The quantitative estimate of drug-likeness (QED) is 0.492. The summed E-state index contributed by atoms with van der Waals surface area (Å²) in [6, 6.07) is 3.43. The number of non-ortho nitro benzene ring substituents is 1. The van der Waals surface area contributed by atoms with Gasteiger partial charge in [0.15, 0.2) is 0 Å². The van der Waals surface area contributed by atoms with Gasteiger partial charge in [-0.1, -0.05) is 0 Å². The van der Waals surface area contributed by atoms with Crippen LogP contribution in [-0.2, 0) is 4.74 Å². The smallest absolute Gasteiger partial charge is 0.338 e. The summed E-state index contributed by atoms with van der Waals surface area (Å²) in [5.41, 5.74) is -0.321. The van der Waals surface area contributed by atoms with Gasteiger partial charge in [-0.25, -0.2) is 4.79 Å². The van der Waals surface area contributed by atoms with Crippen molar-refractivity contribution < 1.29 is 19.2 Å². The lowest BCUT2D eigenvalue weighted by atomic mass is 10.1. The Morgan fingerprint density at radius 3 is 2.44 bits per heavy atom. The minimum atomic E-state index is -0.732. The van der Waals surface area contributed by atoms with E-state index < -0.39 is 16.8 Å². The maximum absolute atomic E-state index is 11.6. The van der Waals surface area contributed by atoms with Crippen molar-refractivity contribution in [3.63, 3.8) is 0 Å². The van der Waals surface area contributed by atoms with E-state index in [9.17, 15) is 19.7 Å². The minimum absolute atomic E-state index is 0.0343. The number of carbonyl (C=O) groups is 2. The third-order valence-electron chi connectivity index (χ3n) is 2.15. The Labute approximate surface area is 103 Å². The molecule has 18 heavy (non-hydrogen) atoms. The number of nitro groups is 1. The highest BCUT2D eigenvalue weighted by molar-refractivity contribution is 5.98. The van der Waals surface area contributed by atoms with E-state index in [1.165, 1.54) is 6.07 Å². The Bertz CT molecular complexity index is 498. The van der Waals surface area contributed by atoms with Crippen molar-refractivity contribution in [3.05, 3.63) is 39.4 Å². The summed E-state index contributed by atoms with van der Waals surface area (Å²) in [6.07, 6.45) is 0. The third kappa shape index (κ3) is 3.03. The van der Waals surface area contributed by atoms with Crippen LogP contribution in [0.5, 0.6) is 0 Å². The number of rotatable bonds is 4. The highest BCUT2D eigenvalue weighted by atomic mass is 16.6. The van der Waals surface area contributed by atoms with E-state index in [2.05, 4.69) is 10.1 Å². The molecule has 0 fully saturated rings. The van der Waals surface area contributed by atoms with Crippen molar-refractivity contribution in [1.29, 1.82) is 0 Å². The zero-order valence-electron chi connectivity index (χ0n) is 9.93. The number of carbonyl (C=O) groups excluding carboxylic acids is 2. The summed E-state index contributed by atoms with van der Waals surface area (Å²) in [5, 5.41) is 13.2. The summed E-state index contributed by atoms with van der Waals surface area (Å²) in [6.45, 7) is 2.10. The maximum Gasteiger partial charge on any atom is 0.338 e. The normalized spacial score (nSPS) is 9.67. The van der Waals surface area contributed by atoms with Gasteiger partial charge in [0.2, 0.25) is 0 Å². The Balaban J connectivity index is 3.26. The van der Waals surface area contributed by atoms with Gasteiger partial charge in [-0.2, -0.15) is 0 Å². The number of hydrogen-bond donors (Lipinski definition) is 1. The van der Waals surface area contributed by atoms with E-state index in [0.29, 0.717) is 6.54 Å². The first-order valence-electron chi connectivity index (χ1n) is 5.15. The lowest BCUT2D eigenvalue weighted by Crippen LogP contribution is -2.23. The van der Waals surface area contributed by atoms with Crippen molar-refractivity contribution >= 4 is 17.6 Å². The van der Waals surface area contributed by atoms with E-state index in [1.54, 1.807) is 6.92 Å². The first-order chi connectivity index (χ1) is 8.49. The number of methoxy groups -OCH3 is 1. The zero-order valence-corrected chi connectivity index (χ0v) is 9.93. The van der Waals surface area contributed by atoms with E-state index in [4.69, 9.17) is 0 Å². The fourth-order valence-corrected chi connectivity index (χ4v) is 1.35. The molecule has 1 N–H and O–H groups in total. The molecule has 0 heterocycles. The van der Waals surface area contributed by atoms with E-state index in [-0.39, 0.29) is 16.8 Å². The second-order valence-electron chi connectivity index (χ2n) is 3.38. The van der Waals surface area contributed by atoms with Crippen LogP contribution in [0.1, 0.15) is 27.6 Å². The Hall–Kier alpha value is -2.44. The van der Waals surface area contributed by atoms with Gasteiger partial charge >= 0.3 is 5.97 Å². The van der Waals surface area contributed by atoms with Crippen LogP contribution in [-0.4, -0.2) is 30.5 Å². The summed E-state index contributed by atoms with van der Waals surface area (Å²) >= 11 is 0. The van der Waals surface area contributed by atoms with Gasteiger partial charge < -0.3 is 10.1 Å². The van der Waals surface area contributed by atoms with Gasteiger partial charge in [-0.05, 0) is 13.0 Å². The molecule has 1 aromatic carbocycles. The van der Waals surface area contributed by atoms with Crippen LogP contribution < -0.4 is 5.32 Å². The van der Waals surface area contributed by atoms with Gasteiger partial charge in [0.25, 0.3) is 11.6 Å². The second kappa shape index (κ2) is 5.76. The van der Waals surface area contributed by atoms with E-state index >= 15 is 0 Å². The van der Waals surface area contributed by atoms with Crippen molar-refractivity contribution in [2.75, 3.05) is 13.7 Å². The average Bonchev–Trinajstić information content (AvgIpc) is 2.37. The second-order valence-corrected chi connectivity index (χ2v) is 3.38. The Morgan fingerprint density at radius 2 is 1.94 bits per heavy atom. The van der Waals surface area contributed by atoms with Crippen molar-refractivity contribution in [2.24, 2.45) is 0 Å². The lowest BCUT2D eigenvalue weighted by Gasteiger charge is -2.05. The maximum atomic E-state index is 11.6. The lowest BCUT2D eigenvalue weighted by molar-refractivity contribution is -0.384. The van der Waals surface area contributed by atoms with Crippen LogP contribution in [0.15, 0.2) is 18.2 Å². The van der Waals surface area contributed by atoms with Crippen LogP contribution >= 0.6 is 0 Å². The molecule has 0 saturated heterocycles. The summed E-state index contributed by atoms with van der Waals surface area (Å²) < 4.78 is 4.47. The summed E-state index contributed by atoms with van der Waals surface area (Å²) in [5.74, 6) is -1.21. The molecular weight excluding hydrogens is 240 g/mol. The van der Waals surface area contributed by atoms with E-state index in [1.807, 2.05) is 0 Å². The van der Waals surface area contributed by atoms with E-state index in [0.717, 1.165) is 19.2 Å². The molecule has 1 amide bonds. The molecule has 0 aliphatic carbocycles. The molecule has 7 nitrogen and oxygen atoms in total. The van der Waals surface area contributed by atoms with Gasteiger partial charge in [0, 0.05) is 24.2 Å². The van der Waals surface area contributed by atoms with Crippen molar-refractivity contribution in [2.45, 2.75) is 6.92 Å². The number of nitro benzene ring substituents is 1. The predicted octanol–water partition coefficient (Wildman–Crippen LogP) is 1.13. The molecule has 0 aliphatic heterocycles. The zero-order chi connectivity index (χ0) is 13.7. The molecule has 0 unspecified atom stereocenters. The van der Waals surface area contributed by atoms with Gasteiger partial charge in [0.05, 0.1) is 17.6 Å². The molecule has 0 bridgehead atoms. The topological polar surface area (TPSA) is 98.5 Å². The average molecular weight is 252 g/mol. The highest BCUT2D eigenvalue weighted by Gasteiger charge is 2.17. The fraction of sp³-hybridized carbons (Fsp3) is 0.273. The number of amides is 1. The number of benzene rings is 1. The predicted molar refractivity (Wildman–Crippen MR) is 62.4 cm³/mol. The molecule has 1 rings (SSSR count). The number of hydrogen-bond acceptors (Lipinski definition) is 5. The van der Waals surface area contributed by atoms with Gasteiger partial charge in [0.1, 0.15) is 0 Å². The van der Waals surface area contributed by atoms with Crippen LogP contribution in [0.25, 0.3) is 0 Å². The standard InChI is InChI=1S/C11H12N2O5/c1-3-12-10(14)7-4-8(11(15)18-2)6-9(5-7)13(16)17/h4-6H,3H2,1-2H3,(H,12,14). The van der Waals surface area contributed by atoms with Gasteiger partial charge in [-0.15, -0.1) is 0 Å². The summed E-state index contributed by atoms with van der Waals surface area (Å²) in [7, 11) is 1.16. The number of esters is 1. The number of nitrogens with one attached hydrogen (secondary N) is 1. The molecule has 0 saturated carbocycles. The van der Waals surface area contributed by atoms with Crippen LogP contribution in [0, 0.1) is 10.1 Å². The Morgan fingerprint density at radius 1 is 1.33 bits per heavy atom. The number of nitrogens with zero attached hydrogens (tertiary/aromatic N) is 1. The Kier molecular flexibility index (Phi) is 4.36. The van der Waals surface area contributed by atoms with Crippen LogP contribution in [0.3, 0.4) is 0 Å². The molecule has 96 valence electrons. The highest BCUT2D eigenvalue weighted by Crippen LogP contribution is 2.18. The van der Waals surface area contributed by atoms with Gasteiger partial charge in [-0.3, -0.25) is 14.9 Å². The molecular formula is C11H12N2O5. The molecule has 0 atom stereocenters. The molecule has 0 spiro atoms. The number of ether oxygens (including phenoxy) is 1. The van der Waals surface area contributed by atoms with Crippen LogP contribution in [0.2, 0.25) is 0 Å². The molecule has 0 radical (unpaired) electrons. The van der Waals surface area contributed by atoms with Crippen molar-refractivity contribution in [1.82, 2.24) is 5.32 Å². The molecule has 1 aromatic rings. The first-order valence-corrected chi connectivity index (χ1v) is 5.15. The van der Waals surface area contributed by atoms with Crippen LogP contribution in [0.4, 0.5) is 5.69 Å². The minimum Gasteiger partial charge on any atom is -0.465 e. The molecule has 0 aliphatic rings. The monoisotopic (exact) mass is 252 g/mol. The third-order valence-corrected chi connectivity index (χ3v) is 2.15. The SMILES string of the molecule is CCNC(=O)c1cc(C(=O)OC)cc([N+](=O)[O-])c1.